The highest BCUT2D eigenvalue weighted by Crippen LogP contribution is 2.46. The number of Topliss-reactive ketones (excluding diaryl/α,β-unsaturated/α-hetero) is 1. The number of ether oxygens (including phenoxy) is 1. The number of methoxy groups -OCH3 is 1. The number of piperazine rings is 1. The Kier molecular flexibility index (Phi) is 8.82. The first kappa shape index (κ1) is 27.8. The van der Waals surface area contributed by atoms with Gasteiger partial charge in [0.05, 0.1) is 18.7 Å². The normalized spacial score (nSPS) is 18.3. The molecule has 204 valence electrons. The number of benzene rings is 1. The lowest BCUT2D eigenvalue weighted by molar-refractivity contribution is -0.134. The van der Waals surface area contributed by atoms with Gasteiger partial charge in [-0.25, -0.2) is 4.98 Å². The number of amides is 2. The van der Waals surface area contributed by atoms with Crippen LogP contribution in [0.5, 0.6) is 0 Å². The molecule has 1 saturated heterocycles. The average Bonchev–Trinajstić information content (AvgIpc) is 3.76. The van der Waals surface area contributed by atoms with Gasteiger partial charge in [-0.15, -0.1) is 0 Å². The van der Waals surface area contributed by atoms with Gasteiger partial charge in [0, 0.05) is 56.9 Å². The van der Waals surface area contributed by atoms with Crippen LogP contribution in [0.25, 0.3) is 11.1 Å². The Hall–Kier alpha value is -3.26. The summed E-state index contributed by atoms with van der Waals surface area (Å²) in [5, 5.41) is 2.70. The summed E-state index contributed by atoms with van der Waals surface area (Å²) in [6.45, 7) is 10.4. The van der Waals surface area contributed by atoms with E-state index in [4.69, 9.17) is 9.72 Å². The number of ketones is 1. The smallest absolute Gasteiger partial charge is 0.291 e. The zero-order valence-corrected chi connectivity index (χ0v) is 23.3. The zero-order chi connectivity index (χ0) is 27.4. The number of nitrogens with zero attached hydrogens (tertiary/aromatic N) is 3. The topological polar surface area (TPSA) is 91.8 Å². The first-order valence-electron chi connectivity index (χ1n) is 13.7. The largest absolute Gasteiger partial charge is 0.384 e. The van der Waals surface area contributed by atoms with Crippen LogP contribution < -0.4 is 10.2 Å². The number of carbonyl (C=O) groups excluding carboxylic acids is 3. The number of anilines is 2. The van der Waals surface area contributed by atoms with E-state index >= 15 is 0 Å². The molecule has 1 N–H and O–H groups in total. The van der Waals surface area contributed by atoms with Crippen molar-refractivity contribution in [3.05, 3.63) is 41.6 Å². The van der Waals surface area contributed by atoms with Gasteiger partial charge >= 0.3 is 0 Å². The third-order valence-corrected chi connectivity index (χ3v) is 7.69. The maximum Gasteiger partial charge on any atom is 0.291 e. The Morgan fingerprint density at radius 2 is 1.95 bits per heavy atom. The lowest BCUT2D eigenvalue weighted by Crippen LogP contribution is -2.54. The minimum atomic E-state index is -0.618. The van der Waals surface area contributed by atoms with E-state index in [1.165, 1.54) is 12.5 Å². The van der Waals surface area contributed by atoms with Crippen LogP contribution in [0.15, 0.2) is 30.3 Å². The molecule has 0 radical (unpaired) electrons. The van der Waals surface area contributed by atoms with Gasteiger partial charge in [0.1, 0.15) is 5.82 Å². The van der Waals surface area contributed by atoms with E-state index in [2.05, 4.69) is 37.1 Å². The second-order valence-corrected chi connectivity index (χ2v) is 10.6. The minimum Gasteiger partial charge on any atom is -0.384 e. The van der Waals surface area contributed by atoms with E-state index < -0.39 is 11.7 Å². The van der Waals surface area contributed by atoms with Gasteiger partial charge in [-0.1, -0.05) is 26.0 Å². The molecule has 1 aliphatic heterocycles. The molecular weight excluding hydrogens is 480 g/mol. The summed E-state index contributed by atoms with van der Waals surface area (Å²) in [5.41, 5.74) is 4.97. The molecule has 2 atom stereocenters. The summed E-state index contributed by atoms with van der Waals surface area (Å²) >= 11 is 0. The van der Waals surface area contributed by atoms with Crippen molar-refractivity contribution in [3.63, 3.8) is 0 Å². The highest BCUT2D eigenvalue weighted by Gasteiger charge is 2.33. The van der Waals surface area contributed by atoms with Gasteiger partial charge < -0.3 is 19.9 Å². The van der Waals surface area contributed by atoms with Crippen LogP contribution in [0.2, 0.25) is 0 Å². The molecule has 2 unspecified atom stereocenters. The number of rotatable bonds is 10. The molecule has 1 aliphatic carbocycles. The number of pyridine rings is 1. The highest BCUT2D eigenvalue weighted by atomic mass is 16.5. The van der Waals surface area contributed by atoms with Gasteiger partial charge in [0.15, 0.2) is 0 Å². The predicted molar refractivity (Wildman–Crippen MR) is 150 cm³/mol. The van der Waals surface area contributed by atoms with Gasteiger partial charge in [0.25, 0.3) is 5.91 Å². The van der Waals surface area contributed by atoms with E-state index in [1.54, 1.807) is 13.2 Å². The Morgan fingerprint density at radius 1 is 1.18 bits per heavy atom. The number of nitrogens with one attached hydrogen (secondary N) is 1. The minimum absolute atomic E-state index is 0.0882. The van der Waals surface area contributed by atoms with Gasteiger partial charge in [0.2, 0.25) is 11.7 Å². The molecule has 2 heterocycles. The van der Waals surface area contributed by atoms with Crippen molar-refractivity contribution >= 4 is 29.1 Å². The molecule has 2 amide bonds. The molecule has 0 bridgehead atoms. The summed E-state index contributed by atoms with van der Waals surface area (Å²) in [4.78, 5) is 45.8. The second-order valence-electron chi connectivity index (χ2n) is 10.6. The number of hydrogen-bond donors (Lipinski definition) is 1. The molecular formula is C30H40N4O4. The lowest BCUT2D eigenvalue weighted by Gasteiger charge is -2.41. The summed E-state index contributed by atoms with van der Waals surface area (Å²) in [7, 11) is 1.62. The quantitative estimate of drug-likeness (QED) is 0.455. The molecule has 1 aromatic heterocycles. The van der Waals surface area contributed by atoms with Crippen LogP contribution in [0.3, 0.4) is 0 Å². The standard InChI is InChI=1S/C30H40N4O4/c1-6-19(2)25-17-26(23-8-7-9-24(16-23)31-30(37)21(4)35)28(22-10-11-22)32-29(25)33-13-14-34(20(3)18-33)27(36)12-15-38-5/h7-9,16-17,19-20,22H,6,10-15,18H2,1-5H3,(H,31,37). The Labute approximate surface area is 225 Å². The van der Waals surface area contributed by atoms with Crippen LogP contribution in [0.4, 0.5) is 11.5 Å². The molecule has 38 heavy (non-hydrogen) atoms. The van der Waals surface area contributed by atoms with Crippen molar-refractivity contribution < 1.29 is 19.1 Å². The molecule has 8 heteroatoms. The third kappa shape index (κ3) is 6.23. The van der Waals surface area contributed by atoms with Crippen molar-refractivity contribution in [3.8, 4) is 11.1 Å². The van der Waals surface area contributed by atoms with Crippen LogP contribution in [-0.4, -0.2) is 66.9 Å². The fraction of sp³-hybridized carbons (Fsp3) is 0.533. The van der Waals surface area contributed by atoms with E-state index in [0.29, 0.717) is 37.1 Å². The Bertz CT molecular complexity index is 1190. The van der Waals surface area contributed by atoms with Crippen LogP contribution in [0.1, 0.15) is 76.5 Å². The third-order valence-electron chi connectivity index (χ3n) is 7.69. The number of hydrogen-bond acceptors (Lipinski definition) is 6. The van der Waals surface area contributed by atoms with E-state index in [1.807, 2.05) is 23.1 Å². The Balaban J connectivity index is 1.68. The van der Waals surface area contributed by atoms with Gasteiger partial charge in [-0.2, -0.15) is 0 Å². The van der Waals surface area contributed by atoms with Crippen molar-refractivity contribution in [2.75, 3.05) is 43.6 Å². The van der Waals surface area contributed by atoms with Crippen molar-refractivity contribution in [2.45, 2.75) is 71.3 Å². The molecule has 2 aromatic rings. The van der Waals surface area contributed by atoms with Crippen molar-refractivity contribution in [2.24, 2.45) is 0 Å². The fourth-order valence-electron chi connectivity index (χ4n) is 5.10. The molecule has 0 spiro atoms. The highest BCUT2D eigenvalue weighted by molar-refractivity contribution is 6.39. The van der Waals surface area contributed by atoms with Crippen molar-refractivity contribution in [1.29, 1.82) is 0 Å². The average molecular weight is 521 g/mol. The van der Waals surface area contributed by atoms with E-state index in [-0.39, 0.29) is 11.9 Å². The summed E-state index contributed by atoms with van der Waals surface area (Å²) < 4.78 is 5.11. The fourth-order valence-corrected chi connectivity index (χ4v) is 5.10. The lowest BCUT2D eigenvalue weighted by atomic mass is 9.92. The summed E-state index contributed by atoms with van der Waals surface area (Å²) in [6.07, 6.45) is 3.61. The monoisotopic (exact) mass is 520 g/mol. The van der Waals surface area contributed by atoms with Crippen molar-refractivity contribution in [1.82, 2.24) is 9.88 Å². The van der Waals surface area contributed by atoms with Crippen LogP contribution >= 0.6 is 0 Å². The van der Waals surface area contributed by atoms with Gasteiger partial charge in [-0.05, 0) is 61.4 Å². The summed E-state index contributed by atoms with van der Waals surface area (Å²) in [6, 6.07) is 10.0. The van der Waals surface area contributed by atoms with E-state index in [9.17, 15) is 14.4 Å². The van der Waals surface area contributed by atoms with Gasteiger partial charge in [-0.3, -0.25) is 14.4 Å². The van der Waals surface area contributed by atoms with Crippen LogP contribution in [0, 0.1) is 0 Å². The summed E-state index contributed by atoms with van der Waals surface area (Å²) in [5.74, 6) is 0.754. The molecule has 1 saturated carbocycles. The molecule has 1 aromatic carbocycles. The number of aromatic nitrogens is 1. The molecule has 4 rings (SSSR count). The zero-order valence-electron chi connectivity index (χ0n) is 23.3. The van der Waals surface area contributed by atoms with E-state index in [0.717, 1.165) is 55.0 Å². The molecule has 2 fully saturated rings. The second kappa shape index (κ2) is 12.1. The molecule has 8 nitrogen and oxygen atoms in total. The van der Waals surface area contributed by atoms with Crippen LogP contribution in [-0.2, 0) is 19.1 Å². The maximum atomic E-state index is 12.7. The predicted octanol–water partition coefficient (Wildman–Crippen LogP) is 4.74. The molecule has 2 aliphatic rings. The first-order valence-corrected chi connectivity index (χ1v) is 13.7. The number of carbonyl (C=O) groups is 3. The Morgan fingerprint density at radius 3 is 2.58 bits per heavy atom. The maximum absolute atomic E-state index is 12.7. The SMILES string of the molecule is CCC(C)c1cc(-c2cccc(NC(=O)C(C)=O)c2)c(C2CC2)nc1N1CCN(C(=O)CCOC)C(C)C1. The first-order chi connectivity index (χ1) is 18.2.